The van der Waals surface area contributed by atoms with Gasteiger partial charge in [0.2, 0.25) is 5.91 Å². The summed E-state index contributed by atoms with van der Waals surface area (Å²) < 4.78 is -1.09. The van der Waals surface area contributed by atoms with Crippen LogP contribution in [0.2, 0.25) is 0 Å². The summed E-state index contributed by atoms with van der Waals surface area (Å²) >= 11 is 0. The van der Waals surface area contributed by atoms with Crippen molar-refractivity contribution in [2.45, 2.75) is 55.2 Å². The summed E-state index contributed by atoms with van der Waals surface area (Å²) in [6.07, 6.45) is 2.06. The van der Waals surface area contributed by atoms with E-state index in [1.165, 1.54) is 4.90 Å². The smallest absolute Gasteiger partial charge is 0.331 e. The lowest BCUT2D eigenvalue weighted by Gasteiger charge is -2.50. The number of aliphatic carboxylic acids is 1. The first-order valence-electron chi connectivity index (χ1n) is 10.0. The standard InChI is InChI=1S/C21H28N2O5S/c1-20(2)21(18(26)27,13-15-8-4-3-5-9-15)23-16(25)12-17(23)29(20,14-24)19(28)22-10-6-7-11-22/h3-5,8-9,17,24H,6-7,10-14H2,1-2H3,(H,26,27)/t17-,21+/m1/s1. The van der Waals surface area contributed by atoms with E-state index in [0.717, 1.165) is 18.4 Å². The summed E-state index contributed by atoms with van der Waals surface area (Å²) in [5.74, 6) is -1.76. The maximum atomic E-state index is 13.7. The summed E-state index contributed by atoms with van der Waals surface area (Å²) in [7, 11) is -2.52. The highest BCUT2D eigenvalue weighted by atomic mass is 32.3. The normalized spacial score (nSPS) is 32.8. The predicted molar refractivity (Wildman–Crippen MR) is 111 cm³/mol. The van der Waals surface area contributed by atoms with Crippen LogP contribution in [-0.4, -0.2) is 71.8 Å². The number of aliphatic hydroxyl groups excluding tert-OH is 1. The van der Waals surface area contributed by atoms with Crippen LogP contribution in [0.3, 0.4) is 0 Å². The fourth-order valence-electron chi connectivity index (χ4n) is 5.49. The van der Waals surface area contributed by atoms with Gasteiger partial charge in [0.1, 0.15) is 0 Å². The molecule has 1 aromatic rings. The fourth-order valence-corrected chi connectivity index (χ4v) is 10.0. The molecule has 2 amide bonds. The summed E-state index contributed by atoms with van der Waals surface area (Å²) in [5, 5.41) is 20.5. The molecule has 3 fully saturated rings. The number of carbonyl (C=O) groups excluding carboxylic acids is 2. The Morgan fingerprint density at radius 2 is 1.79 bits per heavy atom. The number of β-lactam (4-membered cyclic amide) rings is 1. The van der Waals surface area contributed by atoms with E-state index in [4.69, 9.17) is 0 Å². The lowest BCUT2D eigenvalue weighted by molar-refractivity contribution is -0.168. The molecule has 0 unspecified atom stereocenters. The molecule has 3 heterocycles. The molecule has 8 heteroatoms. The van der Waals surface area contributed by atoms with Crippen LogP contribution in [0.5, 0.6) is 0 Å². The molecule has 4 rings (SSSR count). The molecule has 0 aromatic heterocycles. The number of benzene rings is 1. The highest BCUT2D eigenvalue weighted by Crippen LogP contribution is 2.77. The van der Waals surface area contributed by atoms with Gasteiger partial charge in [0, 0.05) is 24.3 Å². The Hall–Kier alpha value is -2.06. The van der Waals surface area contributed by atoms with Gasteiger partial charge in [-0.3, -0.25) is 9.59 Å². The Kier molecular flexibility index (Phi) is 4.70. The van der Waals surface area contributed by atoms with Crippen molar-refractivity contribution in [3.8, 4) is 0 Å². The van der Waals surface area contributed by atoms with E-state index in [-0.39, 0.29) is 24.0 Å². The Morgan fingerprint density at radius 1 is 1.17 bits per heavy atom. The molecular weight excluding hydrogens is 392 g/mol. The van der Waals surface area contributed by atoms with Crippen LogP contribution < -0.4 is 0 Å². The third kappa shape index (κ3) is 2.39. The maximum Gasteiger partial charge on any atom is 0.331 e. The summed E-state index contributed by atoms with van der Waals surface area (Å²) in [5.41, 5.74) is -0.773. The number of rotatable bonds is 4. The number of likely N-dealkylation sites (tertiary alicyclic amines) is 1. The quantitative estimate of drug-likeness (QED) is 0.729. The van der Waals surface area contributed by atoms with Gasteiger partial charge in [-0.05, 0) is 32.3 Å². The van der Waals surface area contributed by atoms with E-state index in [1.807, 2.05) is 30.3 Å². The molecular formula is C21H28N2O5S. The molecule has 0 radical (unpaired) electrons. The van der Waals surface area contributed by atoms with E-state index in [0.29, 0.717) is 13.1 Å². The third-order valence-electron chi connectivity index (χ3n) is 7.22. The van der Waals surface area contributed by atoms with Crippen molar-refractivity contribution >= 4 is 27.1 Å². The van der Waals surface area contributed by atoms with E-state index >= 15 is 0 Å². The number of hydrogen-bond acceptors (Lipinski definition) is 4. The monoisotopic (exact) mass is 420 g/mol. The average Bonchev–Trinajstić information content (AvgIpc) is 3.25. The number of carboxylic acid groups (broad SMARTS) is 1. The minimum absolute atomic E-state index is 0.112. The molecule has 3 aliphatic rings. The molecule has 29 heavy (non-hydrogen) atoms. The lowest BCUT2D eigenvalue weighted by Crippen LogP contribution is -2.68. The zero-order valence-corrected chi connectivity index (χ0v) is 17.7. The molecule has 0 bridgehead atoms. The van der Waals surface area contributed by atoms with Crippen LogP contribution >= 0.6 is 10.0 Å². The second-order valence-electron chi connectivity index (χ2n) is 8.64. The zero-order valence-electron chi connectivity index (χ0n) is 16.8. The van der Waals surface area contributed by atoms with Gasteiger partial charge in [-0.15, -0.1) is 10.0 Å². The first-order chi connectivity index (χ1) is 13.7. The average molecular weight is 421 g/mol. The second-order valence-corrected chi connectivity index (χ2v) is 12.4. The lowest BCUT2D eigenvalue weighted by atomic mass is 9.77. The van der Waals surface area contributed by atoms with Crippen molar-refractivity contribution in [3.05, 3.63) is 35.9 Å². The van der Waals surface area contributed by atoms with Crippen LogP contribution in [0, 0.1) is 0 Å². The molecule has 0 spiro atoms. The van der Waals surface area contributed by atoms with Crippen molar-refractivity contribution in [2.75, 3.05) is 19.0 Å². The molecule has 3 atom stereocenters. The van der Waals surface area contributed by atoms with Crippen LogP contribution in [0.25, 0.3) is 0 Å². The Bertz CT molecular complexity index is 854. The van der Waals surface area contributed by atoms with Gasteiger partial charge in [-0.2, -0.15) is 0 Å². The topological polar surface area (TPSA) is 98.1 Å². The molecule has 3 aliphatic heterocycles. The first-order valence-corrected chi connectivity index (χ1v) is 11.9. The van der Waals surface area contributed by atoms with Crippen molar-refractivity contribution in [1.82, 2.24) is 9.80 Å². The van der Waals surface area contributed by atoms with Crippen molar-refractivity contribution in [1.29, 1.82) is 0 Å². The summed E-state index contributed by atoms with van der Waals surface area (Å²) in [6, 6.07) is 9.22. The highest BCUT2D eigenvalue weighted by Gasteiger charge is 2.79. The predicted octanol–water partition coefficient (Wildman–Crippen LogP) is 2.37. The third-order valence-corrected chi connectivity index (χ3v) is 12.0. The first kappa shape index (κ1) is 20.2. The molecule has 2 N–H and O–H groups in total. The molecule has 1 aromatic carbocycles. The van der Waals surface area contributed by atoms with Crippen molar-refractivity contribution in [2.24, 2.45) is 0 Å². The van der Waals surface area contributed by atoms with Gasteiger partial charge in [-0.25, -0.2) is 4.79 Å². The van der Waals surface area contributed by atoms with Crippen LogP contribution in [0.15, 0.2) is 30.3 Å². The van der Waals surface area contributed by atoms with Gasteiger partial charge in [0.25, 0.3) is 5.24 Å². The van der Waals surface area contributed by atoms with Gasteiger partial charge in [0.15, 0.2) is 5.54 Å². The zero-order chi connectivity index (χ0) is 21.0. The number of hydrogen-bond donors (Lipinski definition) is 2. The molecule has 158 valence electrons. The highest BCUT2D eigenvalue weighted by molar-refractivity contribution is 8.46. The van der Waals surface area contributed by atoms with Crippen molar-refractivity contribution in [3.63, 3.8) is 0 Å². The van der Waals surface area contributed by atoms with E-state index in [2.05, 4.69) is 0 Å². The SMILES string of the molecule is CC1(C)[C@](Cc2ccccc2)(C(=O)O)N2C(=O)C[C@H]2[S@@]1(CO)C(=O)N1CCCC1. The maximum absolute atomic E-state index is 13.7. The number of fused-ring (bicyclic) bond motifs is 1. The molecule has 0 aliphatic carbocycles. The molecule has 7 nitrogen and oxygen atoms in total. The van der Waals surface area contributed by atoms with E-state index in [1.54, 1.807) is 18.7 Å². The summed E-state index contributed by atoms with van der Waals surface area (Å²) in [6.45, 7) is 4.80. The number of nitrogens with zero attached hydrogens (tertiary/aromatic N) is 2. The molecule has 3 saturated heterocycles. The molecule has 0 saturated carbocycles. The van der Waals surface area contributed by atoms with Crippen LogP contribution in [0.4, 0.5) is 4.79 Å². The fraction of sp³-hybridized carbons (Fsp3) is 0.571. The van der Waals surface area contributed by atoms with Crippen LogP contribution in [-0.2, 0) is 16.0 Å². The van der Waals surface area contributed by atoms with Gasteiger partial charge >= 0.3 is 5.97 Å². The summed E-state index contributed by atoms with van der Waals surface area (Å²) in [4.78, 5) is 42.5. The van der Waals surface area contributed by atoms with E-state index in [9.17, 15) is 24.6 Å². The number of carboxylic acids is 1. The minimum atomic E-state index is -2.52. The van der Waals surface area contributed by atoms with E-state index < -0.39 is 37.6 Å². The van der Waals surface area contributed by atoms with Gasteiger partial charge in [0.05, 0.1) is 17.7 Å². The Morgan fingerprint density at radius 3 is 2.31 bits per heavy atom. The largest absolute Gasteiger partial charge is 0.479 e. The van der Waals surface area contributed by atoms with Crippen molar-refractivity contribution < 1.29 is 24.6 Å². The van der Waals surface area contributed by atoms with Gasteiger partial charge in [-0.1, -0.05) is 30.3 Å². The Balaban J connectivity index is 1.89. The number of carbonyl (C=O) groups is 3. The van der Waals surface area contributed by atoms with Crippen LogP contribution in [0.1, 0.15) is 38.7 Å². The minimum Gasteiger partial charge on any atom is -0.479 e. The van der Waals surface area contributed by atoms with Gasteiger partial charge < -0.3 is 20.0 Å². The Labute approximate surface area is 172 Å². The number of aliphatic hydroxyl groups is 1. The number of amides is 2. The second kappa shape index (κ2) is 6.74.